The van der Waals surface area contributed by atoms with Crippen molar-refractivity contribution in [2.45, 2.75) is 58.4 Å². The summed E-state index contributed by atoms with van der Waals surface area (Å²) >= 11 is 0. The minimum absolute atomic E-state index is 0.263. The average molecular weight is 373 g/mol. The van der Waals surface area contributed by atoms with Crippen LogP contribution in [0, 0.1) is 0 Å². The van der Waals surface area contributed by atoms with Gasteiger partial charge in [0.1, 0.15) is 18.4 Å². The SMILES string of the molecule is CC(C)(C)OC(=O)NC(CCCC(=O)OCc1ccccc1)n1ccnc1. The molecule has 0 bridgehead atoms. The molecule has 2 rings (SSSR count). The summed E-state index contributed by atoms with van der Waals surface area (Å²) in [6.45, 7) is 5.69. The number of nitrogens with one attached hydrogen (secondary N) is 1. The van der Waals surface area contributed by atoms with Crippen molar-refractivity contribution < 1.29 is 19.1 Å². The first-order valence-corrected chi connectivity index (χ1v) is 9.00. The zero-order valence-electron chi connectivity index (χ0n) is 16.1. The Kier molecular flexibility index (Phi) is 7.40. The number of hydrogen-bond donors (Lipinski definition) is 1. The Morgan fingerprint density at radius 1 is 1.22 bits per heavy atom. The van der Waals surface area contributed by atoms with Gasteiger partial charge in [-0.2, -0.15) is 0 Å². The summed E-state index contributed by atoms with van der Waals surface area (Å²) in [4.78, 5) is 28.0. The summed E-state index contributed by atoms with van der Waals surface area (Å²) in [5.74, 6) is -0.263. The third kappa shape index (κ3) is 7.94. The van der Waals surface area contributed by atoms with Crippen molar-refractivity contribution in [2.24, 2.45) is 0 Å². The number of amides is 1. The van der Waals surface area contributed by atoms with Crippen molar-refractivity contribution in [1.29, 1.82) is 0 Å². The van der Waals surface area contributed by atoms with Gasteiger partial charge in [0.2, 0.25) is 0 Å². The molecule has 0 saturated heterocycles. The van der Waals surface area contributed by atoms with E-state index in [9.17, 15) is 9.59 Å². The third-order valence-electron chi connectivity index (χ3n) is 3.67. The molecule has 2 aromatic rings. The molecule has 1 unspecified atom stereocenters. The topological polar surface area (TPSA) is 82.5 Å². The third-order valence-corrected chi connectivity index (χ3v) is 3.67. The summed E-state index contributed by atoms with van der Waals surface area (Å²) in [6.07, 6.45) is 5.55. The molecule has 1 N–H and O–H groups in total. The number of esters is 1. The number of imidazole rings is 1. The number of carbonyl (C=O) groups is 2. The number of nitrogens with zero attached hydrogens (tertiary/aromatic N) is 2. The molecule has 0 aliphatic carbocycles. The highest BCUT2D eigenvalue weighted by molar-refractivity contribution is 5.69. The maximum absolute atomic E-state index is 12.1. The van der Waals surface area contributed by atoms with Crippen LogP contribution in [0.25, 0.3) is 0 Å². The number of benzene rings is 1. The van der Waals surface area contributed by atoms with Gasteiger partial charge in [0, 0.05) is 18.8 Å². The molecule has 1 atom stereocenters. The molecule has 0 fully saturated rings. The summed E-state index contributed by atoms with van der Waals surface area (Å²) in [7, 11) is 0. The molecule has 0 aliphatic heterocycles. The second kappa shape index (κ2) is 9.75. The molecule has 1 heterocycles. The fourth-order valence-corrected chi connectivity index (χ4v) is 2.44. The van der Waals surface area contributed by atoms with Gasteiger partial charge in [0.15, 0.2) is 0 Å². The second-order valence-corrected chi connectivity index (χ2v) is 7.21. The van der Waals surface area contributed by atoms with Crippen LogP contribution in [-0.4, -0.2) is 27.2 Å². The number of hydrogen-bond acceptors (Lipinski definition) is 5. The Morgan fingerprint density at radius 3 is 2.59 bits per heavy atom. The lowest BCUT2D eigenvalue weighted by Crippen LogP contribution is -2.37. The maximum atomic E-state index is 12.1. The number of alkyl carbamates (subject to hydrolysis) is 1. The van der Waals surface area contributed by atoms with Gasteiger partial charge in [-0.05, 0) is 39.2 Å². The molecule has 146 valence electrons. The van der Waals surface area contributed by atoms with Crippen LogP contribution in [0.3, 0.4) is 0 Å². The van der Waals surface area contributed by atoms with E-state index < -0.39 is 11.7 Å². The van der Waals surface area contributed by atoms with E-state index >= 15 is 0 Å². The molecular formula is C20H27N3O4. The zero-order chi connectivity index (χ0) is 19.7. The molecule has 7 heteroatoms. The molecule has 0 aliphatic rings. The maximum Gasteiger partial charge on any atom is 0.409 e. The first-order valence-electron chi connectivity index (χ1n) is 9.00. The lowest BCUT2D eigenvalue weighted by Gasteiger charge is -2.24. The van der Waals surface area contributed by atoms with Gasteiger partial charge in [0.25, 0.3) is 0 Å². The summed E-state index contributed by atoms with van der Waals surface area (Å²) in [6, 6.07) is 9.54. The first kappa shape index (κ1) is 20.5. The van der Waals surface area contributed by atoms with Crippen LogP contribution in [0.5, 0.6) is 0 Å². The quantitative estimate of drug-likeness (QED) is 0.711. The molecule has 1 aromatic heterocycles. The molecule has 0 spiro atoms. The smallest absolute Gasteiger partial charge is 0.409 e. The van der Waals surface area contributed by atoms with Gasteiger partial charge in [-0.1, -0.05) is 30.3 Å². The molecule has 1 aromatic carbocycles. The number of carbonyl (C=O) groups excluding carboxylic acids is 2. The van der Waals surface area contributed by atoms with Gasteiger partial charge in [-0.25, -0.2) is 9.78 Å². The Hall–Kier alpha value is -2.83. The van der Waals surface area contributed by atoms with E-state index in [0.29, 0.717) is 12.8 Å². The summed E-state index contributed by atoms with van der Waals surface area (Å²) < 4.78 is 12.4. The van der Waals surface area contributed by atoms with Crippen molar-refractivity contribution in [3.8, 4) is 0 Å². The Balaban J connectivity index is 1.79. The summed E-state index contributed by atoms with van der Waals surface area (Å²) in [5, 5.41) is 2.82. The number of aromatic nitrogens is 2. The zero-order valence-corrected chi connectivity index (χ0v) is 16.1. The van der Waals surface area contributed by atoms with E-state index in [-0.39, 0.29) is 25.2 Å². The second-order valence-electron chi connectivity index (χ2n) is 7.21. The van der Waals surface area contributed by atoms with Gasteiger partial charge in [-0.15, -0.1) is 0 Å². The van der Waals surface area contributed by atoms with Gasteiger partial charge >= 0.3 is 12.1 Å². The Labute approximate surface area is 159 Å². The van der Waals surface area contributed by atoms with E-state index in [2.05, 4.69) is 10.3 Å². The van der Waals surface area contributed by atoms with Crippen LogP contribution >= 0.6 is 0 Å². The Bertz CT molecular complexity index is 709. The van der Waals surface area contributed by atoms with Gasteiger partial charge in [-0.3, -0.25) is 4.79 Å². The highest BCUT2D eigenvalue weighted by Gasteiger charge is 2.20. The lowest BCUT2D eigenvalue weighted by atomic mass is 10.2. The van der Waals surface area contributed by atoms with Crippen LogP contribution in [-0.2, 0) is 20.9 Å². The van der Waals surface area contributed by atoms with Crippen LogP contribution in [0.1, 0.15) is 51.8 Å². The van der Waals surface area contributed by atoms with Gasteiger partial charge < -0.3 is 19.4 Å². The largest absolute Gasteiger partial charge is 0.461 e. The predicted octanol–water partition coefficient (Wildman–Crippen LogP) is 3.82. The van der Waals surface area contributed by atoms with E-state index in [1.807, 2.05) is 51.1 Å². The van der Waals surface area contributed by atoms with Crippen LogP contribution in [0.15, 0.2) is 49.1 Å². The average Bonchev–Trinajstić information content (AvgIpc) is 3.13. The first-order chi connectivity index (χ1) is 12.8. The van der Waals surface area contributed by atoms with Crippen LogP contribution in [0.4, 0.5) is 4.79 Å². The highest BCUT2D eigenvalue weighted by atomic mass is 16.6. The Morgan fingerprint density at radius 2 is 1.96 bits per heavy atom. The minimum atomic E-state index is -0.579. The fourth-order valence-electron chi connectivity index (χ4n) is 2.44. The molecule has 0 saturated carbocycles. The molecule has 1 amide bonds. The highest BCUT2D eigenvalue weighted by Crippen LogP contribution is 2.15. The molecule has 27 heavy (non-hydrogen) atoms. The number of ether oxygens (including phenoxy) is 2. The minimum Gasteiger partial charge on any atom is -0.461 e. The molecular weight excluding hydrogens is 346 g/mol. The monoisotopic (exact) mass is 373 g/mol. The lowest BCUT2D eigenvalue weighted by molar-refractivity contribution is -0.145. The van der Waals surface area contributed by atoms with E-state index in [0.717, 1.165) is 5.56 Å². The van der Waals surface area contributed by atoms with Crippen LogP contribution < -0.4 is 5.32 Å². The molecule has 7 nitrogen and oxygen atoms in total. The van der Waals surface area contributed by atoms with E-state index in [1.54, 1.807) is 23.3 Å². The predicted molar refractivity (Wildman–Crippen MR) is 101 cm³/mol. The van der Waals surface area contributed by atoms with Crippen molar-refractivity contribution in [3.63, 3.8) is 0 Å². The van der Waals surface area contributed by atoms with Crippen molar-refractivity contribution in [3.05, 3.63) is 54.6 Å². The normalized spacial score (nSPS) is 12.3. The van der Waals surface area contributed by atoms with Crippen molar-refractivity contribution in [2.75, 3.05) is 0 Å². The fraction of sp³-hybridized carbons (Fsp3) is 0.450. The van der Waals surface area contributed by atoms with E-state index in [4.69, 9.17) is 9.47 Å². The summed E-state index contributed by atoms with van der Waals surface area (Å²) in [5.41, 5.74) is 0.374. The van der Waals surface area contributed by atoms with E-state index in [1.165, 1.54) is 0 Å². The van der Waals surface area contributed by atoms with Gasteiger partial charge in [0.05, 0.1) is 6.33 Å². The van der Waals surface area contributed by atoms with Crippen molar-refractivity contribution in [1.82, 2.24) is 14.9 Å². The van der Waals surface area contributed by atoms with Crippen LogP contribution in [0.2, 0.25) is 0 Å². The van der Waals surface area contributed by atoms with Crippen molar-refractivity contribution >= 4 is 12.1 Å². The standard InChI is InChI=1S/C20H27N3O4/c1-20(2,3)27-19(25)22-17(23-13-12-21-15-23)10-7-11-18(24)26-14-16-8-5-4-6-9-16/h4-6,8-9,12-13,15,17H,7,10-11,14H2,1-3H3,(H,22,25). The molecule has 0 radical (unpaired) electrons. The number of rotatable bonds is 8.